The van der Waals surface area contributed by atoms with Gasteiger partial charge in [0.25, 0.3) is 6.47 Å². The third-order valence-electron chi connectivity index (χ3n) is 2.92. The van der Waals surface area contributed by atoms with Crippen LogP contribution in [0, 0.1) is 0 Å². The molecule has 6 heteroatoms. The minimum absolute atomic E-state index is 0.0780. The molecule has 0 saturated carbocycles. The lowest BCUT2D eigenvalue weighted by Crippen LogP contribution is -2.30. The summed E-state index contributed by atoms with van der Waals surface area (Å²) in [6, 6.07) is 9.60. The number of carbonyl (C=O) groups excluding carboxylic acids is 2. The second kappa shape index (κ2) is 7.54. The van der Waals surface area contributed by atoms with E-state index in [0.29, 0.717) is 6.47 Å². The monoisotopic (exact) mass is 304 g/mol. The summed E-state index contributed by atoms with van der Waals surface area (Å²) in [6.07, 6.45) is 0.734. The van der Waals surface area contributed by atoms with Gasteiger partial charge in [0.2, 0.25) is 5.91 Å². The summed E-state index contributed by atoms with van der Waals surface area (Å²) in [6.45, 7) is 1.88. The smallest absolute Gasteiger partial charge is 0.293 e. The number of hydrogen-bond acceptors (Lipinski definition) is 5. The number of amides is 1. The van der Waals surface area contributed by atoms with Crippen molar-refractivity contribution in [1.29, 1.82) is 0 Å². The van der Waals surface area contributed by atoms with E-state index in [9.17, 15) is 9.59 Å². The lowest BCUT2D eigenvalue weighted by Gasteiger charge is -2.16. The van der Waals surface area contributed by atoms with Crippen LogP contribution in [0.1, 0.15) is 29.1 Å². The maximum Gasteiger partial charge on any atom is 0.293 e. The molecule has 1 N–H and O–H groups in total. The van der Waals surface area contributed by atoms with Gasteiger partial charge in [0.1, 0.15) is 12.6 Å². The number of nitrogens with zero attached hydrogens (tertiary/aromatic N) is 1. The molecule has 2 rings (SSSR count). The number of hydrogen-bond donors (Lipinski definition) is 1. The van der Waals surface area contributed by atoms with Gasteiger partial charge < -0.3 is 10.1 Å². The molecule has 0 saturated heterocycles. The van der Waals surface area contributed by atoms with Crippen LogP contribution in [0.15, 0.2) is 35.8 Å². The van der Waals surface area contributed by atoms with E-state index in [4.69, 9.17) is 4.74 Å². The molecule has 1 unspecified atom stereocenters. The van der Waals surface area contributed by atoms with Crippen molar-refractivity contribution >= 4 is 23.7 Å². The van der Waals surface area contributed by atoms with Gasteiger partial charge in [-0.1, -0.05) is 30.3 Å². The SMILES string of the molecule is CC(=O)NC(COC=O)c1ncsc1Cc1ccccc1. The van der Waals surface area contributed by atoms with Gasteiger partial charge >= 0.3 is 0 Å². The van der Waals surface area contributed by atoms with E-state index in [-0.39, 0.29) is 12.5 Å². The van der Waals surface area contributed by atoms with Crippen molar-refractivity contribution in [3.63, 3.8) is 0 Å². The van der Waals surface area contributed by atoms with Crippen molar-refractivity contribution in [3.8, 4) is 0 Å². The van der Waals surface area contributed by atoms with Gasteiger partial charge in [-0.2, -0.15) is 0 Å². The van der Waals surface area contributed by atoms with Crippen molar-refractivity contribution in [2.24, 2.45) is 0 Å². The molecule has 1 atom stereocenters. The number of thiazole rings is 1. The Labute approximate surface area is 127 Å². The number of rotatable bonds is 7. The van der Waals surface area contributed by atoms with Gasteiger partial charge in [-0.15, -0.1) is 11.3 Å². The van der Waals surface area contributed by atoms with Crippen LogP contribution in [0.5, 0.6) is 0 Å². The first-order valence-corrected chi connectivity index (χ1v) is 7.37. The van der Waals surface area contributed by atoms with Crippen LogP contribution in [0.3, 0.4) is 0 Å². The van der Waals surface area contributed by atoms with Crippen LogP contribution in [0.4, 0.5) is 0 Å². The number of aromatic nitrogens is 1. The van der Waals surface area contributed by atoms with Gasteiger partial charge in [0.05, 0.1) is 11.2 Å². The van der Waals surface area contributed by atoms with Gasteiger partial charge in [-0.3, -0.25) is 9.59 Å². The zero-order valence-electron chi connectivity index (χ0n) is 11.6. The van der Waals surface area contributed by atoms with Crippen molar-refractivity contribution < 1.29 is 14.3 Å². The molecule has 0 radical (unpaired) electrons. The second-order valence-electron chi connectivity index (χ2n) is 4.51. The lowest BCUT2D eigenvalue weighted by molar-refractivity contribution is -0.130. The summed E-state index contributed by atoms with van der Waals surface area (Å²) >= 11 is 1.53. The van der Waals surface area contributed by atoms with E-state index in [0.717, 1.165) is 17.0 Å². The Hall–Kier alpha value is -2.21. The van der Waals surface area contributed by atoms with E-state index in [1.807, 2.05) is 30.3 Å². The average Bonchev–Trinajstić information content (AvgIpc) is 2.92. The summed E-state index contributed by atoms with van der Waals surface area (Å²) < 4.78 is 4.79. The Morgan fingerprint density at radius 1 is 1.43 bits per heavy atom. The highest BCUT2D eigenvalue weighted by Crippen LogP contribution is 2.24. The van der Waals surface area contributed by atoms with Crippen LogP contribution in [0.2, 0.25) is 0 Å². The molecule has 0 aliphatic carbocycles. The highest BCUT2D eigenvalue weighted by molar-refractivity contribution is 7.09. The predicted octanol–water partition coefficient (Wildman–Crippen LogP) is 2.08. The molecule has 1 amide bonds. The lowest BCUT2D eigenvalue weighted by atomic mass is 10.1. The molecule has 1 aromatic heterocycles. The maximum atomic E-state index is 11.3. The molecule has 1 heterocycles. The van der Waals surface area contributed by atoms with E-state index in [1.54, 1.807) is 5.51 Å². The summed E-state index contributed by atoms with van der Waals surface area (Å²) in [5, 5.41) is 2.76. The molecular weight excluding hydrogens is 288 g/mol. The summed E-state index contributed by atoms with van der Waals surface area (Å²) in [7, 11) is 0. The molecule has 2 aromatic rings. The van der Waals surface area contributed by atoms with Crippen molar-refractivity contribution in [2.45, 2.75) is 19.4 Å². The summed E-state index contributed by atoms with van der Waals surface area (Å²) in [5.74, 6) is -0.187. The molecule has 21 heavy (non-hydrogen) atoms. The number of ether oxygens (including phenoxy) is 1. The zero-order valence-corrected chi connectivity index (χ0v) is 12.4. The van der Waals surface area contributed by atoms with Crippen LogP contribution < -0.4 is 5.32 Å². The third-order valence-corrected chi connectivity index (χ3v) is 3.77. The van der Waals surface area contributed by atoms with Crippen LogP contribution in [0.25, 0.3) is 0 Å². The molecule has 0 aliphatic rings. The molecule has 0 bridgehead atoms. The standard InChI is InChI=1S/C15H16N2O3S/c1-11(19)17-13(8-20-10-18)15-14(21-9-16-15)7-12-5-3-2-4-6-12/h2-6,9-10,13H,7-8H2,1H3,(H,17,19). The van der Waals surface area contributed by atoms with E-state index >= 15 is 0 Å². The fourth-order valence-electron chi connectivity index (χ4n) is 2.05. The molecule has 0 spiro atoms. The number of carbonyl (C=O) groups is 2. The topological polar surface area (TPSA) is 68.3 Å². The minimum atomic E-state index is -0.419. The Morgan fingerprint density at radius 3 is 2.86 bits per heavy atom. The first kappa shape index (κ1) is 15.2. The van der Waals surface area contributed by atoms with Gasteiger partial charge in [0.15, 0.2) is 0 Å². The highest BCUT2D eigenvalue weighted by atomic mass is 32.1. The number of benzene rings is 1. The molecule has 0 aliphatic heterocycles. The van der Waals surface area contributed by atoms with Gasteiger partial charge in [-0.25, -0.2) is 4.98 Å². The molecule has 1 aromatic carbocycles. The van der Waals surface area contributed by atoms with Gasteiger partial charge in [0, 0.05) is 18.2 Å². The third kappa shape index (κ3) is 4.39. The van der Waals surface area contributed by atoms with Gasteiger partial charge in [-0.05, 0) is 5.56 Å². The Bertz CT molecular complexity index is 598. The van der Waals surface area contributed by atoms with Crippen molar-refractivity contribution in [2.75, 3.05) is 6.61 Å². The minimum Gasteiger partial charge on any atom is -0.465 e. The fourth-order valence-corrected chi connectivity index (χ4v) is 2.91. The first-order valence-electron chi connectivity index (χ1n) is 6.49. The molecule has 0 fully saturated rings. The normalized spacial score (nSPS) is 11.7. The van der Waals surface area contributed by atoms with Crippen LogP contribution in [-0.2, 0) is 20.7 Å². The maximum absolute atomic E-state index is 11.3. The Morgan fingerprint density at radius 2 is 2.19 bits per heavy atom. The summed E-state index contributed by atoms with van der Waals surface area (Å²) in [5.41, 5.74) is 3.66. The van der Waals surface area contributed by atoms with Crippen LogP contribution >= 0.6 is 11.3 Å². The zero-order chi connectivity index (χ0) is 15.1. The predicted molar refractivity (Wildman–Crippen MR) is 79.9 cm³/mol. The average molecular weight is 304 g/mol. The highest BCUT2D eigenvalue weighted by Gasteiger charge is 2.20. The van der Waals surface area contributed by atoms with E-state index in [1.165, 1.54) is 23.8 Å². The Kier molecular flexibility index (Phi) is 5.45. The Balaban J connectivity index is 2.19. The van der Waals surface area contributed by atoms with Crippen molar-refractivity contribution in [1.82, 2.24) is 10.3 Å². The second-order valence-corrected chi connectivity index (χ2v) is 5.45. The molecule has 5 nitrogen and oxygen atoms in total. The van der Waals surface area contributed by atoms with Crippen molar-refractivity contribution in [3.05, 3.63) is 52.0 Å². The van der Waals surface area contributed by atoms with E-state index < -0.39 is 6.04 Å². The van der Waals surface area contributed by atoms with Crippen LogP contribution in [-0.4, -0.2) is 24.0 Å². The largest absolute Gasteiger partial charge is 0.465 e. The number of nitrogens with one attached hydrogen (secondary N) is 1. The quantitative estimate of drug-likeness (QED) is 0.795. The van der Waals surface area contributed by atoms with E-state index in [2.05, 4.69) is 10.3 Å². The molecule has 110 valence electrons. The molecular formula is C15H16N2O3S. The fraction of sp³-hybridized carbons (Fsp3) is 0.267. The first-order chi connectivity index (χ1) is 10.2. The summed E-state index contributed by atoms with van der Waals surface area (Å²) in [4.78, 5) is 27.1.